The Balaban J connectivity index is 1.73. The highest BCUT2D eigenvalue weighted by Crippen LogP contribution is 2.40. The van der Waals surface area contributed by atoms with E-state index in [1.165, 1.54) is 0 Å². The first-order valence-corrected chi connectivity index (χ1v) is 10.3. The van der Waals surface area contributed by atoms with E-state index in [1.807, 2.05) is 48.7 Å². The van der Waals surface area contributed by atoms with E-state index in [4.69, 9.17) is 18.6 Å². The fourth-order valence-electron chi connectivity index (χ4n) is 3.96. The molecule has 0 bridgehead atoms. The van der Waals surface area contributed by atoms with Crippen molar-refractivity contribution >= 4 is 16.8 Å². The highest BCUT2D eigenvalue weighted by Gasteiger charge is 2.24. The number of ether oxygens (including phenoxy) is 3. The molecule has 2 heterocycles. The van der Waals surface area contributed by atoms with Crippen molar-refractivity contribution in [2.45, 2.75) is 18.9 Å². The van der Waals surface area contributed by atoms with Gasteiger partial charge < -0.3 is 28.9 Å². The number of benzene rings is 2. The third-order valence-electron chi connectivity index (χ3n) is 5.53. The van der Waals surface area contributed by atoms with Gasteiger partial charge >= 0.3 is 0 Å². The molecule has 2 N–H and O–H groups in total. The minimum atomic E-state index is -0.239. The lowest BCUT2D eigenvalue weighted by Gasteiger charge is -2.19. The standard InChI is InChI=1S/C25H26N2O5/c1-29-21-10-9-16(12-23(21)31-3)18(13-24(28)27-14-17-6-5-11-32-17)19-15-26-20-7-4-8-22(30-2)25(19)20/h4-12,15,18,26H,13-14H2,1-3H3,(H,27,28)/t18-/m1/s1. The maximum Gasteiger partial charge on any atom is 0.221 e. The molecule has 0 aliphatic heterocycles. The van der Waals surface area contributed by atoms with E-state index in [-0.39, 0.29) is 18.2 Å². The molecule has 2 aromatic carbocycles. The summed E-state index contributed by atoms with van der Waals surface area (Å²) in [6.07, 6.45) is 3.77. The van der Waals surface area contributed by atoms with Crippen LogP contribution in [0.1, 0.15) is 29.2 Å². The van der Waals surface area contributed by atoms with Crippen molar-refractivity contribution in [2.75, 3.05) is 21.3 Å². The molecule has 166 valence electrons. The van der Waals surface area contributed by atoms with Crippen LogP contribution in [0.2, 0.25) is 0 Å². The van der Waals surface area contributed by atoms with E-state index in [1.54, 1.807) is 33.7 Å². The fourth-order valence-corrected chi connectivity index (χ4v) is 3.96. The van der Waals surface area contributed by atoms with Gasteiger partial charge in [-0.15, -0.1) is 0 Å². The topological polar surface area (TPSA) is 85.7 Å². The molecule has 0 saturated heterocycles. The van der Waals surface area contributed by atoms with Crippen molar-refractivity contribution in [3.8, 4) is 17.2 Å². The van der Waals surface area contributed by atoms with Crippen LogP contribution in [0.5, 0.6) is 17.2 Å². The summed E-state index contributed by atoms with van der Waals surface area (Å²) in [7, 11) is 4.84. The number of methoxy groups -OCH3 is 3. The summed E-state index contributed by atoms with van der Waals surface area (Å²) in [4.78, 5) is 16.2. The number of aromatic amines is 1. The van der Waals surface area contributed by atoms with Crippen LogP contribution in [-0.2, 0) is 11.3 Å². The van der Waals surface area contributed by atoms with Crippen LogP contribution in [0.4, 0.5) is 0 Å². The Kier molecular flexibility index (Phi) is 6.35. The zero-order valence-electron chi connectivity index (χ0n) is 18.3. The maximum absolute atomic E-state index is 12.9. The third kappa shape index (κ3) is 4.27. The van der Waals surface area contributed by atoms with E-state index in [2.05, 4.69) is 10.3 Å². The van der Waals surface area contributed by atoms with Gasteiger partial charge in [-0.3, -0.25) is 4.79 Å². The normalized spacial score (nSPS) is 11.8. The van der Waals surface area contributed by atoms with Crippen LogP contribution in [0.15, 0.2) is 65.4 Å². The number of carbonyl (C=O) groups is 1. The second-order valence-corrected chi connectivity index (χ2v) is 7.35. The van der Waals surface area contributed by atoms with Crippen LogP contribution in [0, 0.1) is 0 Å². The Hall–Kier alpha value is -3.87. The first-order chi connectivity index (χ1) is 15.6. The second kappa shape index (κ2) is 9.51. The van der Waals surface area contributed by atoms with Crippen molar-refractivity contribution < 1.29 is 23.4 Å². The van der Waals surface area contributed by atoms with Crippen LogP contribution < -0.4 is 19.5 Å². The van der Waals surface area contributed by atoms with Crippen LogP contribution in [0.25, 0.3) is 10.9 Å². The number of amides is 1. The number of H-pyrrole nitrogens is 1. The van der Waals surface area contributed by atoms with Crippen LogP contribution in [0.3, 0.4) is 0 Å². The lowest BCUT2D eigenvalue weighted by atomic mass is 9.87. The monoisotopic (exact) mass is 434 g/mol. The summed E-state index contributed by atoms with van der Waals surface area (Å²) >= 11 is 0. The predicted octanol–water partition coefficient (Wildman–Crippen LogP) is 4.63. The molecule has 7 nitrogen and oxygen atoms in total. The summed E-state index contributed by atoms with van der Waals surface area (Å²) in [5.41, 5.74) is 2.85. The summed E-state index contributed by atoms with van der Waals surface area (Å²) in [6.45, 7) is 0.335. The predicted molar refractivity (Wildman–Crippen MR) is 121 cm³/mol. The molecule has 7 heteroatoms. The number of hydrogen-bond donors (Lipinski definition) is 2. The fraction of sp³-hybridized carbons (Fsp3) is 0.240. The molecular weight excluding hydrogens is 408 g/mol. The van der Waals surface area contributed by atoms with Gasteiger partial charge in [-0.1, -0.05) is 12.1 Å². The smallest absolute Gasteiger partial charge is 0.221 e. The highest BCUT2D eigenvalue weighted by molar-refractivity contribution is 5.91. The summed E-state index contributed by atoms with van der Waals surface area (Å²) in [5, 5.41) is 3.90. The van der Waals surface area contributed by atoms with Gasteiger partial charge in [0, 0.05) is 29.4 Å². The lowest BCUT2D eigenvalue weighted by Crippen LogP contribution is -2.24. The number of rotatable bonds is 9. The Morgan fingerprint density at radius 3 is 2.53 bits per heavy atom. The zero-order valence-corrected chi connectivity index (χ0v) is 18.3. The zero-order chi connectivity index (χ0) is 22.5. The number of hydrogen-bond acceptors (Lipinski definition) is 5. The second-order valence-electron chi connectivity index (χ2n) is 7.35. The minimum absolute atomic E-state index is 0.0922. The molecule has 4 aromatic rings. The molecule has 0 saturated carbocycles. The van der Waals surface area contributed by atoms with Crippen LogP contribution in [-0.4, -0.2) is 32.2 Å². The molecule has 4 rings (SSSR count). The van der Waals surface area contributed by atoms with E-state index in [0.717, 1.165) is 27.8 Å². The van der Waals surface area contributed by atoms with Crippen molar-refractivity contribution in [3.05, 3.63) is 77.9 Å². The van der Waals surface area contributed by atoms with Crippen molar-refractivity contribution in [1.82, 2.24) is 10.3 Å². The number of nitrogens with one attached hydrogen (secondary N) is 2. The quantitative estimate of drug-likeness (QED) is 0.401. The van der Waals surface area contributed by atoms with Gasteiger partial charge in [-0.25, -0.2) is 0 Å². The van der Waals surface area contributed by atoms with Gasteiger partial charge in [0.2, 0.25) is 5.91 Å². The van der Waals surface area contributed by atoms with Gasteiger partial charge in [0.1, 0.15) is 11.5 Å². The van der Waals surface area contributed by atoms with Crippen LogP contribution >= 0.6 is 0 Å². The van der Waals surface area contributed by atoms with Gasteiger partial charge in [0.15, 0.2) is 11.5 Å². The van der Waals surface area contributed by atoms with Gasteiger partial charge in [-0.2, -0.15) is 0 Å². The largest absolute Gasteiger partial charge is 0.496 e. The van der Waals surface area contributed by atoms with Gasteiger partial charge in [-0.05, 0) is 47.5 Å². The number of fused-ring (bicyclic) bond motifs is 1. The molecule has 1 atom stereocenters. The average molecular weight is 434 g/mol. The van der Waals surface area contributed by atoms with Crippen molar-refractivity contribution in [1.29, 1.82) is 0 Å². The number of carbonyl (C=O) groups excluding carboxylic acids is 1. The Morgan fingerprint density at radius 2 is 1.81 bits per heavy atom. The molecule has 0 radical (unpaired) electrons. The molecule has 1 amide bonds. The molecule has 0 aliphatic rings. The lowest BCUT2D eigenvalue weighted by molar-refractivity contribution is -0.121. The number of aromatic nitrogens is 1. The Labute approximate surface area is 186 Å². The van der Waals surface area contributed by atoms with Crippen molar-refractivity contribution in [2.24, 2.45) is 0 Å². The van der Waals surface area contributed by atoms with Gasteiger partial charge in [0.05, 0.1) is 34.1 Å². The molecule has 0 fully saturated rings. The van der Waals surface area contributed by atoms with E-state index in [0.29, 0.717) is 23.8 Å². The summed E-state index contributed by atoms with van der Waals surface area (Å²) in [6, 6.07) is 15.2. The van der Waals surface area contributed by atoms with Crippen molar-refractivity contribution in [3.63, 3.8) is 0 Å². The molecule has 32 heavy (non-hydrogen) atoms. The Morgan fingerprint density at radius 1 is 1.00 bits per heavy atom. The first-order valence-electron chi connectivity index (χ1n) is 10.3. The average Bonchev–Trinajstić information content (AvgIpc) is 3.50. The first kappa shape index (κ1) is 21.4. The van der Waals surface area contributed by atoms with E-state index in [9.17, 15) is 4.79 Å². The maximum atomic E-state index is 12.9. The van der Waals surface area contributed by atoms with E-state index < -0.39 is 0 Å². The SMILES string of the molecule is COc1ccc([C@@H](CC(=O)NCc2ccco2)c2c[nH]c3cccc(OC)c23)cc1OC. The molecule has 2 aromatic heterocycles. The number of furan rings is 1. The highest BCUT2D eigenvalue weighted by atomic mass is 16.5. The minimum Gasteiger partial charge on any atom is -0.496 e. The third-order valence-corrected chi connectivity index (χ3v) is 5.53. The molecule has 0 aliphatic carbocycles. The van der Waals surface area contributed by atoms with Gasteiger partial charge in [0.25, 0.3) is 0 Å². The van der Waals surface area contributed by atoms with E-state index >= 15 is 0 Å². The molecular formula is C25H26N2O5. The summed E-state index contributed by atoms with van der Waals surface area (Å²) in [5.74, 6) is 2.36. The molecule has 0 unspecified atom stereocenters. The summed E-state index contributed by atoms with van der Waals surface area (Å²) < 4.78 is 21.8. The Bertz CT molecular complexity index is 1200. The molecule has 0 spiro atoms.